The summed E-state index contributed by atoms with van der Waals surface area (Å²) >= 11 is 14.4. The number of nitriles is 4. The van der Waals surface area contributed by atoms with Gasteiger partial charge in [-0.25, -0.2) is 0 Å². The van der Waals surface area contributed by atoms with E-state index in [1.807, 2.05) is 78.9 Å². The van der Waals surface area contributed by atoms with Crippen LogP contribution >= 0.6 is 63.7 Å². The highest BCUT2D eigenvalue weighted by atomic mass is 79.9. The smallest absolute Gasteiger partial charge is 0.133 e. The number of nitrogens with zero attached hydrogens (tertiary/aromatic N) is 4. The Kier molecular flexibility index (Phi) is 8.49. The number of rotatable bonds is 4. The molecule has 7 rings (SSSR count). The summed E-state index contributed by atoms with van der Waals surface area (Å²) in [4.78, 5) is 0. The first-order valence-corrected chi connectivity index (χ1v) is 18.0. The van der Waals surface area contributed by atoms with Gasteiger partial charge < -0.3 is 0 Å². The molecule has 48 heavy (non-hydrogen) atoms. The second-order valence-corrected chi connectivity index (χ2v) is 15.4. The second-order valence-electron chi connectivity index (χ2n) is 11.8. The molecule has 0 heterocycles. The maximum absolute atomic E-state index is 10.6. The molecule has 4 nitrogen and oxygen atoms in total. The van der Waals surface area contributed by atoms with Gasteiger partial charge in [0.2, 0.25) is 0 Å². The van der Waals surface area contributed by atoms with Crippen molar-refractivity contribution >= 4 is 80.4 Å². The maximum atomic E-state index is 10.6. The third kappa shape index (κ3) is 4.83. The van der Waals surface area contributed by atoms with E-state index in [4.69, 9.17) is 0 Å². The van der Waals surface area contributed by atoms with Gasteiger partial charge in [-0.15, -0.1) is 0 Å². The van der Waals surface area contributed by atoms with Crippen LogP contribution in [0.15, 0.2) is 143 Å². The zero-order valence-corrected chi connectivity index (χ0v) is 31.2. The Hall–Kier alpha value is -4.28. The van der Waals surface area contributed by atoms with Crippen molar-refractivity contribution in [2.75, 3.05) is 0 Å². The molecule has 0 aromatic heterocycles. The van der Waals surface area contributed by atoms with Crippen LogP contribution in [0.5, 0.6) is 0 Å². The lowest BCUT2D eigenvalue weighted by Gasteiger charge is -2.44. The summed E-state index contributed by atoms with van der Waals surface area (Å²) in [6.45, 7) is 0. The molecule has 8 heteroatoms. The monoisotopic (exact) mass is 872 g/mol. The van der Waals surface area contributed by atoms with Crippen LogP contribution in [0.1, 0.15) is 22.3 Å². The molecule has 0 spiro atoms. The third-order valence-corrected chi connectivity index (χ3v) is 11.8. The van der Waals surface area contributed by atoms with Crippen LogP contribution in [0, 0.1) is 63.1 Å². The van der Waals surface area contributed by atoms with Crippen molar-refractivity contribution in [1.29, 1.82) is 21.0 Å². The highest BCUT2D eigenvalue weighted by Crippen LogP contribution is 2.77. The van der Waals surface area contributed by atoms with Gasteiger partial charge in [-0.1, -0.05) is 118 Å². The molecule has 0 N–H and O–H groups in total. The highest BCUT2D eigenvalue weighted by Gasteiger charge is 2.70. The van der Waals surface area contributed by atoms with Crippen LogP contribution in [0.4, 0.5) is 0 Å². The molecule has 4 aromatic carbocycles. The fourth-order valence-electron chi connectivity index (χ4n) is 8.12. The standard InChI is InChI=1S/C40H20Br4N4/c41-28-9-1-22(2-10-28)33-17-32(25(18-45)19-46)38-37-34(23-3-11-29(42)12-4-23)35(24-5-13-30(43)14-6-24)39(36(37)26(20-47)21-48)40(33,38)27-7-15-31(44)16-8-27/h1-17,37-39H. The maximum Gasteiger partial charge on any atom is 0.133 e. The number of benzene rings is 4. The van der Waals surface area contributed by atoms with E-state index in [1.165, 1.54) is 0 Å². The molecule has 4 aromatic rings. The molecule has 0 amide bonds. The van der Waals surface area contributed by atoms with Crippen LogP contribution in [0.3, 0.4) is 0 Å². The van der Waals surface area contributed by atoms with Crippen molar-refractivity contribution in [3.63, 3.8) is 0 Å². The van der Waals surface area contributed by atoms with Gasteiger partial charge >= 0.3 is 0 Å². The summed E-state index contributed by atoms with van der Waals surface area (Å²) in [5.74, 6) is -1.42. The van der Waals surface area contributed by atoms with Crippen molar-refractivity contribution in [1.82, 2.24) is 0 Å². The Morgan fingerprint density at radius 2 is 0.938 bits per heavy atom. The van der Waals surface area contributed by atoms with Crippen molar-refractivity contribution in [2.45, 2.75) is 5.41 Å². The van der Waals surface area contributed by atoms with Crippen molar-refractivity contribution < 1.29 is 0 Å². The van der Waals surface area contributed by atoms with Gasteiger partial charge in [-0.05, 0) is 98.7 Å². The number of halogens is 4. The molecule has 0 radical (unpaired) electrons. The summed E-state index contributed by atoms with van der Waals surface area (Å²) in [7, 11) is 0. The van der Waals surface area contributed by atoms with Gasteiger partial charge in [0.15, 0.2) is 0 Å². The zero-order valence-electron chi connectivity index (χ0n) is 24.8. The molecular formula is C40H20Br4N4. The lowest BCUT2D eigenvalue weighted by atomic mass is 9.56. The summed E-state index contributed by atoms with van der Waals surface area (Å²) in [5.41, 5.74) is 7.32. The molecule has 1 saturated carbocycles. The lowest BCUT2D eigenvalue weighted by Crippen LogP contribution is -2.40. The van der Waals surface area contributed by atoms with E-state index >= 15 is 0 Å². The summed E-state index contributed by atoms with van der Waals surface area (Å²) in [5, 5.41) is 41.9. The molecule has 4 unspecified atom stereocenters. The molecule has 1 fully saturated rings. The predicted octanol–water partition coefficient (Wildman–Crippen LogP) is 11.2. The van der Waals surface area contributed by atoms with Crippen molar-refractivity contribution in [3.05, 3.63) is 166 Å². The van der Waals surface area contributed by atoms with E-state index in [0.717, 1.165) is 62.4 Å². The van der Waals surface area contributed by atoms with E-state index in [9.17, 15) is 21.0 Å². The Morgan fingerprint density at radius 1 is 0.521 bits per heavy atom. The van der Waals surface area contributed by atoms with E-state index < -0.39 is 23.2 Å². The number of fused-ring (bicyclic) bond motifs is 5. The zero-order chi connectivity index (χ0) is 33.7. The summed E-state index contributed by atoms with van der Waals surface area (Å²) in [6, 6.07) is 41.3. The van der Waals surface area contributed by atoms with Crippen LogP contribution < -0.4 is 0 Å². The van der Waals surface area contributed by atoms with Crippen LogP contribution in [-0.2, 0) is 5.41 Å². The number of hydrogen-bond donors (Lipinski definition) is 0. The average Bonchev–Trinajstić information content (AvgIpc) is 3.72. The number of hydrogen-bond acceptors (Lipinski definition) is 4. The first-order chi connectivity index (χ1) is 23.3. The average molecular weight is 876 g/mol. The van der Waals surface area contributed by atoms with Gasteiger partial charge in [-0.2, -0.15) is 21.0 Å². The Labute approximate surface area is 312 Å². The fourth-order valence-corrected chi connectivity index (χ4v) is 9.18. The predicted molar refractivity (Wildman–Crippen MR) is 200 cm³/mol. The third-order valence-electron chi connectivity index (χ3n) is 9.71. The largest absolute Gasteiger partial charge is 0.192 e. The minimum Gasteiger partial charge on any atom is -0.192 e. The van der Waals surface area contributed by atoms with Crippen molar-refractivity contribution in [3.8, 4) is 24.3 Å². The van der Waals surface area contributed by atoms with Gasteiger partial charge in [0.05, 0.1) is 0 Å². The van der Waals surface area contributed by atoms with Crippen LogP contribution in [0.2, 0.25) is 0 Å². The minimum absolute atomic E-state index is 0.0244. The number of allylic oxidation sites excluding steroid dienone is 8. The van der Waals surface area contributed by atoms with E-state index in [1.54, 1.807) is 0 Å². The topological polar surface area (TPSA) is 95.2 Å². The Morgan fingerprint density at radius 3 is 1.40 bits per heavy atom. The SMILES string of the molecule is N#CC(C#N)=C1C2C(c3ccc(Br)cc3)=C(c3ccc(Br)cc3)C1C1(c3ccc(Br)cc3)C(c3ccc(Br)cc3)=CC(=C(C#N)C#N)C21. The Bertz CT molecular complexity index is 2270. The van der Waals surface area contributed by atoms with E-state index in [2.05, 4.69) is 112 Å². The van der Waals surface area contributed by atoms with Gasteiger partial charge in [-0.3, -0.25) is 0 Å². The molecule has 4 atom stereocenters. The molecular weight excluding hydrogens is 856 g/mol. The van der Waals surface area contributed by atoms with Gasteiger partial charge in [0, 0.05) is 41.1 Å². The quantitative estimate of drug-likeness (QED) is 0.191. The summed E-state index contributed by atoms with van der Waals surface area (Å²) < 4.78 is 3.68. The lowest BCUT2D eigenvalue weighted by molar-refractivity contribution is 0.399. The van der Waals surface area contributed by atoms with E-state index in [0.29, 0.717) is 5.57 Å². The first-order valence-electron chi connectivity index (χ1n) is 14.9. The molecule has 0 aliphatic heterocycles. The molecule has 3 aliphatic rings. The van der Waals surface area contributed by atoms with Gasteiger partial charge in [0.25, 0.3) is 0 Å². The van der Waals surface area contributed by atoms with E-state index in [-0.39, 0.29) is 11.1 Å². The second kappa shape index (κ2) is 12.6. The Balaban J connectivity index is 1.72. The molecule has 2 bridgehead atoms. The fraction of sp³-hybridized carbons (Fsp3) is 0.100. The van der Waals surface area contributed by atoms with Gasteiger partial charge in [0.1, 0.15) is 35.4 Å². The summed E-state index contributed by atoms with van der Waals surface area (Å²) in [6.07, 6.45) is 2.02. The molecule has 0 saturated heterocycles. The highest BCUT2D eigenvalue weighted by molar-refractivity contribution is 9.11. The molecule has 228 valence electrons. The van der Waals surface area contributed by atoms with Crippen LogP contribution in [0.25, 0.3) is 16.7 Å². The normalized spacial score (nSPS) is 21.9. The molecule has 3 aliphatic carbocycles. The van der Waals surface area contributed by atoms with Crippen molar-refractivity contribution in [2.24, 2.45) is 17.8 Å². The first kappa shape index (κ1) is 32.3. The van der Waals surface area contributed by atoms with Crippen LogP contribution in [-0.4, -0.2) is 0 Å². The minimum atomic E-state index is -0.872.